The maximum Gasteiger partial charge on any atom is 0.243 e. The molecule has 0 bridgehead atoms. The van der Waals surface area contributed by atoms with E-state index in [1.165, 1.54) is 6.07 Å². The highest BCUT2D eigenvalue weighted by Crippen LogP contribution is 2.47. The molecule has 2 amide bonds. The van der Waals surface area contributed by atoms with E-state index in [-0.39, 0.29) is 27.9 Å². The third kappa shape index (κ3) is 3.36. The van der Waals surface area contributed by atoms with Crippen LogP contribution in [0.4, 0.5) is 4.39 Å². The van der Waals surface area contributed by atoms with Gasteiger partial charge in [0, 0.05) is 37.3 Å². The first-order chi connectivity index (χ1) is 12.9. The Morgan fingerprint density at radius 3 is 2.89 bits per heavy atom. The fourth-order valence-electron chi connectivity index (χ4n) is 4.54. The van der Waals surface area contributed by atoms with Crippen molar-refractivity contribution in [2.75, 3.05) is 25.5 Å². The van der Waals surface area contributed by atoms with Crippen LogP contribution in [0.1, 0.15) is 38.2 Å². The van der Waals surface area contributed by atoms with Gasteiger partial charge in [0.05, 0.1) is 4.87 Å². The molecule has 2 atom stereocenters. The lowest BCUT2D eigenvalue weighted by atomic mass is 9.74. The predicted octanol–water partition coefficient (Wildman–Crippen LogP) is 2.44. The van der Waals surface area contributed by atoms with E-state index in [1.807, 2.05) is 13.0 Å². The SMILES string of the molecule is C[C@]12CCC(=O)N1[C@H](C(=O)NCC1(c3cccc(F)c3)CCOCC1)CS2. The Balaban J connectivity index is 1.50. The van der Waals surface area contributed by atoms with E-state index in [4.69, 9.17) is 4.74 Å². The third-order valence-corrected chi connectivity index (χ3v) is 7.74. The third-order valence-electron chi connectivity index (χ3n) is 6.24. The molecule has 7 heteroatoms. The second kappa shape index (κ2) is 7.09. The summed E-state index contributed by atoms with van der Waals surface area (Å²) in [6.45, 7) is 3.66. The predicted molar refractivity (Wildman–Crippen MR) is 102 cm³/mol. The van der Waals surface area contributed by atoms with Gasteiger partial charge in [-0.2, -0.15) is 0 Å². The van der Waals surface area contributed by atoms with Gasteiger partial charge in [0.15, 0.2) is 0 Å². The van der Waals surface area contributed by atoms with Crippen molar-refractivity contribution in [1.29, 1.82) is 0 Å². The topological polar surface area (TPSA) is 58.6 Å². The van der Waals surface area contributed by atoms with Crippen molar-refractivity contribution in [3.63, 3.8) is 0 Å². The largest absolute Gasteiger partial charge is 0.381 e. The van der Waals surface area contributed by atoms with Crippen molar-refractivity contribution in [1.82, 2.24) is 10.2 Å². The van der Waals surface area contributed by atoms with Crippen molar-refractivity contribution >= 4 is 23.6 Å². The van der Waals surface area contributed by atoms with Gasteiger partial charge in [0.2, 0.25) is 11.8 Å². The van der Waals surface area contributed by atoms with E-state index in [0.717, 1.165) is 24.8 Å². The maximum atomic E-state index is 13.8. The Morgan fingerprint density at radius 2 is 2.15 bits per heavy atom. The Labute approximate surface area is 163 Å². The summed E-state index contributed by atoms with van der Waals surface area (Å²) in [5.41, 5.74) is 0.564. The van der Waals surface area contributed by atoms with E-state index in [9.17, 15) is 14.0 Å². The summed E-state index contributed by atoms with van der Waals surface area (Å²) in [7, 11) is 0. The zero-order valence-electron chi connectivity index (χ0n) is 15.5. The van der Waals surface area contributed by atoms with Gasteiger partial charge < -0.3 is 15.0 Å². The van der Waals surface area contributed by atoms with Crippen molar-refractivity contribution in [3.05, 3.63) is 35.6 Å². The molecule has 1 aromatic carbocycles. The smallest absolute Gasteiger partial charge is 0.243 e. The summed E-state index contributed by atoms with van der Waals surface area (Å²) < 4.78 is 19.3. The Hall–Kier alpha value is -1.60. The molecule has 1 N–H and O–H groups in total. The van der Waals surface area contributed by atoms with Gasteiger partial charge in [-0.25, -0.2) is 4.39 Å². The van der Waals surface area contributed by atoms with Gasteiger partial charge >= 0.3 is 0 Å². The molecule has 0 saturated carbocycles. The van der Waals surface area contributed by atoms with E-state index in [2.05, 4.69) is 5.32 Å². The summed E-state index contributed by atoms with van der Waals surface area (Å²) in [6, 6.07) is 6.22. The standard InChI is InChI=1S/C20H25FN2O3S/c1-19-6-5-17(24)23(19)16(12-27-19)18(25)22-13-20(7-9-26-10-8-20)14-3-2-4-15(21)11-14/h2-4,11,16H,5-10,12-13H2,1H3,(H,22,25)/t16-,19-/m0/s1. The molecule has 4 rings (SSSR count). The van der Waals surface area contributed by atoms with Gasteiger partial charge in [0.1, 0.15) is 11.9 Å². The number of halogens is 1. The average molecular weight is 392 g/mol. The zero-order chi connectivity index (χ0) is 19.1. The highest BCUT2D eigenvalue weighted by atomic mass is 32.2. The molecule has 3 saturated heterocycles. The molecule has 3 heterocycles. The maximum absolute atomic E-state index is 13.8. The fourth-order valence-corrected chi connectivity index (χ4v) is 5.97. The number of ether oxygens (including phenoxy) is 1. The summed E-state index contributed by atoms with van der Waals surface area (Å²) >= 11 is 1.69. The normalized spacial score (nSPS) is 29.6. The van der Waals surface area contributed by atoms with Gasteiger partial charge in [0.25, 0.3) is 0 Å². The molecular weight excluding hydrogens is 367 g/mol. The highest BCUT2D eigenvalue weighted by molar-refractivity contribution is 8.01. The van der Waals surface area contributed by atoms with Crippen LogP contribution in [0.5, 0.6) is 0 Å². The lowest BCUT2D eigenvalue weighted by molar-refractivity contribution is -0.138. The molecule has 3 fully saturated rings. The number of hydrogen-bond donors (Lipinski definition) is 1. The first-order valence-electron chi connectivity index (χ1n) is 9.51. The van der Waals surface area contributed by atoms with E-state index < -0.39 is 6.04 Å². The Kier molecular flexibility index (Phi) is 4.93. The highest BCUT2D eigenvalue weighted by Gasteiger charge is 2.53. The number of nitrogens with zero attached hydrogens (tertiary/aromatic N) is 1. The van der Waals surface area contributed by atoms with Crippen molar-refractivity contribution in [2.45, 2.75) is 48.9 Å². The second-order valence-electron chi connectivity index (χ2n) is 7.89. The van der Waals surface area contributed by atoms with Crippen LogP contribution in [0.3, 0.4) is 0 Å². The Morgan fingerprint density at radius 1 is 1.37 bits per heavy atom. The first-order valence-corrected chi connectivity index (χ1v) is 10.5. The van der Waals surface area contributed by atoms with Crippen LogP contribution in [0, 0.1) is 5.82 Å². The molecule has 0 unspecified atom stereocenters. The number of amides is 2. The van der Waals surface area contributed by atoms with Gasteiger partial charge in [-0.15, -0.1) is 11.8 Å². The number of nitrogens with one attached hydrogen (secondary N) is 1. The van der Waals surface area contributed by atoms with Crippen molar-refractivity contribution in [3.8, 4) is 0 Å². The average Bonchev–Trinajstić information content (AvgIpc) is 3.16. The van der Waals surface area contributed by atoms with Crippen molar-refractivity contribution < 1.29 is 18.7 Å². The lowest BCUT2D eigenvalue weighted by Crippen LogP contribution is -2.53. The summed E-state index contributed by atoms with van der Waals surface area (Å²) in [6.07, 6.45) is 2.77. The Bertz CT molecular complexity index is 752. The number of carbonyl (C=O) groups excluding carboxylic acids is 2. The van der Waals surface area contributed by atoms with Crippen LogP contribution in [0.25, 0.3) is 0 Å². The zero-order valence-corrected chi connectivity index (χ0v) is 16.3. The number of rotatable bonds is 4. The number of carbonyl (C=O) groups is 2. The molecule has 146 valence electrons. The summed E-state index contributed by atoms with van der Waals surface area (Å²) in [4.78, 5) is 26.7. The molecule has 27 heavy (non-hydrogen) atoms. The molecule has 0 radical (unpaired) electrons. The van der Waals surface area contributed by atoms with E-state index in [1.54, 1.807) is 28.8 Å². The number of fused-ring (bicyclic) bond motifs is 1. The summed E-state index contributed by atoms with van der Waals surface area (Å²) in [5.74, 6) is 0.317. The van der Waals surface area contributed by atoms with Crippen LogP contribution in [-0.4, -0.2) is 53.1 Å². The minimum atomic E-state index is -0.417. The number of thioether (sulfide) groups is 1. The quantitative estimate of drug-likeness (QED) is 0.855. The van der Waals surface area contributed by atoms with Gasteiger partial charge in [-0.3, -0.25) is 9.59 Å². The molecule has 3 aliphatic rings. The molecule has 1 aromatic rings. The molecule has 0 spiro atoms. The first kappa shape index (κ1) is 18.7. The van der Waals surface area contributed by atoms with Crippen LogP contribution in [0.15, 0.2) is 24.3 Å². The molecular formula is C20H25FN2O3S. The van der Waals surface area contributed by atoms with E-state index >= 15 is 0 Å². The van der Waals surface area contributed by atoms with Gasteiger partial charge in [-0.1, -0.05) is 12.1 Å². The minimum Gasteiger partial charge on any atom is -0.381 e. The van der Waals surface area contributed by atoms with Gasteiger partial charge in [-0.05, 0) is 43.9 Å². The van der Waals surface area contributed by atoms with Crippen LogP contribution >= 0.6 is 11.8 Å². The fraction of sp³-hybridized carbons (Fsp3) is 0.600. The molecule has 0 aromatic heterocycles. The minimum absolute atomic E-state index is 0.0635. The molecule has 5 nitrogen and oxygen atoms in total. The monoisotopic (exact) mass is 392 g/mol. The number of benzene rings is 1. The molecule has 3 aliphatic heterocycles. The molecule has 0 aliphatic carbocycles. The van der Waals surface area contributed by atoms with Crippen LogP contribution < -0.4 is 5.32 Å². The lowest BCUT2D eigenvalue weighted by Gasteiger charge is -2.38. The van der Waals surface area contributed by atoms with Crippen LogP contribution in [-0.2, 0) is 19.7 Å². The van der Waals surface area contributed by atoms with Crippen molar-refractivity contribution in [2.24, 2.45) is 0 Å². The summed E-state index contributed by atoms with van der Waals surface area (Å²) in [5, 5.41) is 3.08. The second-order valence-corrected chi connectivity index (χ2v) is 9.39. The van der Waals surface area contributed by atoms with Crippen LogP contribution in [0.2, 0.25) is 0 Å². The van der Waals surface area contributed by atoms with E-state index in [0.29, 0.717) is 31.9 Å². The number of hydrogen-bond acceptors (Lipinski definition) is 4.